The van der Waals surface area contributed by atoms with Gasteiger partial charge in [0.15, 0.2) is 0 Å². The molecule has 154 valence electrons. The Bertz CT molecular complexity index is 1170. The molecule has 1 amide bonds. The van der Waals surface area contributed by atoms with Gasteiger partial charge in [-0.3, -0.25) is 4.79 Å². The smallest absolute Gasteiger partial charge is 0.268 e. The lowest BCUT2D eigenvalue weighted by Crippen LogP contribution is -2.37. The predicted molar refractivity (Wildman–Crippen MR) is 109 cm³/mol. The highest BCUT2D eigenvalue weighted by Crippen LogP contribution is 2.21. The molecular formula is C18H20FN5O3S2. The molecule has 3 aromatic rings. The van der Waals surface area contributed by atoms with E-state index in [0.717, 1.165) is 11.5 Å². The second-order valence-electron chi connectivity index (χ2n) is 6.67. The molecule has 0 unspecified atom stereocenters. The van der Waals surface area contributed by atoms with Crippen molar-refractivity contribution in [1.82, 2.24) is 24.2 Å². The first-order chi connectivity index (χ1) is 13.9. The normalized spacial score (nSPS) is 15.7. The number of nitrogens with zero attached hydrogens (tertiary/aromatic N) is 3. The van der Waals surface area contributed by atoms with Gasteiger partial charge in [0, 0.05) is 37.8 Å². The average molecular weight is 438 g/mol. The van der Waals surface area contributed by atoms with Crippen LogP contribution in [0, 0.1) is 5.82 Å². The van der Waals surface area contributed by atoms with Gasteiger partial charge in [-0.05, 0) is 24.3 Å². The van der Waals surface area contributed by atoms with E-state index >= 15 is 0 Å². The molecule has 0 spiro atoms. The monoisotopic (exact) mass is 437 g/mol. The van der Waals surface area contributed by atoms with Crippen LogP contribution < -0.4 is 5.32 Å². The number of halogens is 1. The van der Waals surface area contributed by atoms with Gasteiger partial charge < -0.3 is 14.9 Å². The highest BCUT2D eigenvalue weighted by atomic mass is 32.2. The number of carbonyl (C=O) groups is 1. The van der Waals surface area contributed by atoms with E-state index in [1.165, 1.54) is 28.7 Å². The second kappa shape index (κ2) is 7.81. The Morgan fingerprint density at radius 1 is 1.31 bits per heavy atom. The maximum Gasteiger partial charge on any atom is 0.268 e. The van der Waals surface area contributed by atoms with Gasteiger partial charge in [-0.1, -0.05) is 0 Å². The quantitative estimate of drug-likeness (QED) is 0.633. The first kappa shape index (κ1) is 19.9. The molecule has 0 bridgehead atoms. The lowest BCUT2D eigenvalue weighted by molar-refractivity contribution is 0.0945. The zero-order chi connectivity index (χ0) is 20.6. The number of aromatic nitrogens is 3. The number of amides is 1. The van der Waals surface area contributed by atoms with Crippen molar-refractivity contribution in [3.05, 3.63) is 47.8 Å². The minimum Gasteiger partial charge on any atom is -0.356 e. The summed E-state index contributed by atoms with van der Waals surface area (Å²) in [5.41, 5.74) is 1.41. The molecule has 0 aliphatic carbocycles. The van der Waals surface area contributed by atoms with Crippen LogP contribution in [-0.4, -0.2) is 57.8 Å². The molecular weight excluding hydrogens is 417 g/mol. The molecule has 8 nitrogen and oxygen atoms in total. The summed E-state index contributed by atoms with van der Waals surface area (Å²) >= 11 is 1.72. The first-order valence-corrected chi connectivity index (χ1v) is 11.6. The Morgan fingerprint density at radius 3 is 2.83 bits per heavy atom. The van der Waals surface area contributed by atoms with E-state index < -0.39 is 15.9 Å². The maximum atomic E-state index is 13.4. The molecule has 1 saturated heterocycles. The van der Waals surface area contributed by atoms with Gasteiger partial charge >= 0.3 is 0 Å². The lowest BCUT2D eigenvalue weighted by Gasteiger charge is -2.24. The van der Waals surface area contributed by atoms with Crippen LogP contribution in [0.25, 0.3) is 11.0 Å². The van der Waals surface area contributed by atoms with E-state index in [9.17, 15) is 17.6 Å². The Balaban J connectivity index is 1.47. The number of hydrogen-bond donors (Lipinski definition) is 2. The summed E-state index contributed by atoms with van der Waals surface area (Å²) in [5, 5.41) is 2.72. The number of H-pyrrole nitrogens is 1. The van der Waals surface area contributed by atoms with Crippen LogP contribution in [0.15, 0.2) is 35.4 Å². The fourth-order valence-electron chi connectivity index (χ4n) is 3.22. The standard InChI is InChI=1S/C18H20FN5O3S2/c1-23-16-8-12(19)2-3-14(16)22-17(23)11-21-18(25)15-9-13(10-20-15)29(26,27)24-4-6-28-7-5-24/h2-3,8-10,20H,4-7,11H2,1H3,(H,21,25). The Labute approximate surface area is 171 Å². The molecule has 0 radical (unpaired) electrons. The number of aryl methyl sites for hydroxylation is 1. The van der Waals surface area contributed by atoms with Crippen molar-refractivity contribution >= 4 is 38.7 Å². The Kier molecular flexibility index (Phi) is 5.36. The predicted octanol–water partition coefficient (Wildman–Crippen LogP) is 1.71. The Hall–Kier alpha value is -2.37. The third kappa shape index (κ3) is 3.89. The van der Waals surface area contributed by atoms with Crippen LogP contribution in [0.5, 0.6) is 0 Å². The summed E-state index contributed by atoms with van der Waals surface area (Å²) in [6.07, 6.45) is 1.34. The van der Waals surface area contributed by atoms with Crippen LogP contribution in [0.2, 0.25) is 0 Å². The van der Waals surface area contributed by atoms with Crippen molar-refractivity contribution in [1.29, 1.82) is 0 Å². The molecule has 29 heavy (non-hydrogen) atoms. The van der Waals surface area contributed by atoms with Crippen molar-refractivity contribution < 1.29 is 17.6 Å². The molecule has 4 rings (SSSR count). The molecule has 1 fully saturated rings. The maximum absolute atomic E-state index is 13.4. The number of nitrogens with one attached hydrogen (secondary N) is 2. The van der Waals surface area contributed by atoms with E-state index in [1.807, 2.05) is 0 Å². The highest BCUT2D eigenvalue weighted by Gasteiger charge is 2.27. The fourth-order valence-corrected chi connectivity index (χ4v) is 5.79. The summed E-state index contributed by atoms with van der Waals surface area (Å²) in [4.78, 5) is 19.7. The van der Waals surface area contributed by atoms with Gasteiger partial charge in [0.2, 0.25) is 10.0 Å². The SMILES string of the molecule is Cn1c(CNC(=O)c2cc(S(=O)(=O)N3CCSCC3)c[nH]2)nc2ccc(F)cc21. The number of thioether (sulfide) groups is 1. The molecule has 11 heteroatoms. The second-order valence-corrected chi connectivity index (χ2v) is 9.83. The summed E-state index contributed by atoms with van der Waals surface area (Å²) in [5.74, 6) is 1.28. The van der Waals surface area contributed by atoms with Gasteiger partial charge in [-0.25, -0.2) is 17.8 Å². The molecule has 3 heterocycles. The Morgan fingerprint density at radius 2 is 2.07 bits per heavy atom. The fraction of sp³-hybridized carbons (Fsp3) is 0.333. The van der Waals surface area contributed by atoms with Crippen molar-refractivity contribution in [2.24, 2.45) is 7.05 Å². The molecule has 0 saturated carbocycles. The van der Waals surface area contributed by atoms with Gasteiger partial charge in [0.05, 0.1) is 17.6 Å². The number of fused-ring (bicyclic) bond motifs is 1. The zero-order valence-electron chi connectivity index (χ0n) is 15.7. The van der Waals surface area contributed by atoms with Crippen molar-refractivity contribution in [3.63, 3.8) is 0 Å². The summed E-state index contributed by atoms with van der Waals surface area (Å²) in [6.45, 7) is 1.05. The number of benzene rings is 1. The van der Waals surface area contributed by atoms with Crippen LogP contribution in [-0.2, 0) is 23.6 Å². The third-order valence-corrected chi connectivity index (χ3v) is 7.67. The van der Waals surface area contributed by atoms with Crippen molar-refractivity contribution in [2.75, 3.05) is 24.6 Å². The third-order valence-electron chi connectivity index (χ3n) is 4.85. The zero-order valence-corrected chi connectivity index (χ0v) is 17.3. The number of carbonyl (C=O) groups excluding carboxylic acids is 1. The van der Waals surface area contributed by atoms with E-state index in [-0.39, 0.29) is 23.0 Å². The van der Waals surface area contributed by atoms with E-state index in [0.29, 0.717) is 29.9 Å². The lowest BCUT2D eigenvalue weighted by atomic mass is 10.3. The van der Waals surface area contributed by atoms with Gasteiger partial charge in [-0.15, -0.1) is 0 Å². The first-order valence-electron chi connectivity index (χ1n) is 9.01. The van der Waals surface area contributed by atoms with Crippen molar-refractivity contribution in [2.45, 2.75) is 11.4 Å². The number of sulfonamides is 1. The number of rotatable bonds is 5. The molecule has 2 aromatic heterocycles. The molecule has 1 aromatic carbocycles. The minimum atomic E-state index is -3.61. The summed E-state index contributed by atoms with van der Waals surface area (Å²) < 4.78 is 42.0. The van der Waals surface area contributed by atoms with Gasteiger partial charge in [0.25, 0.3) is 5.91 Å². The van der Waals surface area contributed by atoms with Crippen LogP contribution in [0.4, 0.5) is 4.39 Å². The molecule has 1 aliphatic heterocycles. The number of imidazole rings is 1. The van der Waals surface area contributed by atoms with Crippen LogP contribution in [0.1, 0.15) is 16.3 Å². The van der Waals surface area contributed by atoms with Crippen molar-refractivity contribution in [3.8, 4) is 0 Å². The molecule has 1 aliphatic rings. The van der Waals surface area contributed by atoms with Gasteiger partial charge in [-0.2, -0.15) is 16.1 Å². The van der Waals surface area contributed by atoms with Gasteiger partial charge in [0.1, 0.15) is 22.2 Å². The number of aromatic amines is 1. The van der Waals surface area contributed by atoms with Crippen LogP contribution >= 0.6 is 11.8 Å². The van der Waals surface area contributed by atoms with Crippen LogP contribution in [0.3, 0.4) is 0 Å². The largest absolute Gasteiger partial charge is 0.356 e. The highest BCUT2D eigenvalue weighted by molar-refractivity contribution is 7.99. The summed E-state index contributed by atoms with van der Waals surface area (Å²) in [6, 6.07) is 5.64. The molecule has 2 N–H and O–H groups in total. The topological polar surface area (TPSA) is 100 Å². The summed E-state index contributed by atoms with van der Waals surface area (Å²) in [7, 11) is -1.87. The average Bonchev–Trinajstić information content (AvgIpc) is 3.33. The molecule has 0 atom stereocenters. The van der Waals surface area contributed by atoms with E-state index in [4.69, 9.17) is 0 Å². The minimum absolute atomic E-state index is 0.0766. The van der Waals surface area contributed by atoms with E-state index in [2.05, 4.69) is 15.3 Å². The number of hydrogen-bond acceptors (Lipinski definition) is 5. The van der Waals surface area contributed by atoms with E-state index in [1.54, 1.807) is 29.4 Å².